The van der Waals surface area contributed by atoms with Gasteiger partial charge in [0.1, 0.15) is 11.5 Å². The molecule has 0 spiro atoms. The molecule has 6 nitrogen and oxygen atoms in total. The first-order chi connectivity index (χ1) is 12.0. The molecule has 7 heteroatoms. The van der Waals surface area contributed by atoms with Gasteiger partial charge in [-0.25, -0.2) is 0 Å². The van der Waals surface area contributed by atoms with Gasteiger partial charge in [-0.3, -0.25) is 20.4 Å². The SMILES string of the molecule is CCCOc1ccc(C(=O)NNC(=O)c2ccc(OC)cc2)cc1Br. The molecule has 0 aliphatic carbocycles. The number of amides is 2. The highest BCUT2D eigenvalue weighted by molar-refractivity contribution is 9.10. The van der Waals surface area contributed by atoms with E-state index in [1.165, 1.54) is 0 Å². The van der Waals surface area contributed by atoms with Gasteiger partial charge in [-0.2, -0.15) is 0 Å². The number of methoxy groups -OCH3 is 1. The maximum absolute atomic E-state index is 12.2. The van der Waals surface area contributed by atoms with Crippen molar-refractivity contribution in [1.29, 1.82) is 0 Å². The fourth-order valence-corrected chi connectivity index (χ4v) is 2.46. The molecule has 132 valence electrons. The van der Waals surface area contributed by atoms with E-state index in [9.17, 15) is 9.59 Å². The Balaban J connectivity index is 1.94. The van der Waals surface area contributed by atoms with Crippen molar-refractivity contribution in [2.45, 2.75) is 13.3 Å². The zero-order valence-electron chi connectivity index (χ0n) is 14.0. The fraction of sp³-hybridized carbons (Fsp3) is 0.222. The lowest BCUT2D eigenvalue weighted by atomic mass is 10.2. The topological polar surface area (TPSA) is 76.7 Å². The lowest BCUT2D eigenvalue weighted by Crippen LogP contribution is -2.41. The summed E-state index contributed by atoms with van der Waals surface area (Å²) in [7, 11) is 1.55. The fourth-order valence-electron chi connectivity index (χ4n) is 1.97. The van der Waals surface area contributed by atoms with Crippen LogP contribution in [0.15, 0.2) is 46.9 Å². The second-order valence-corrected chi connectivity index (χ2v) is 5.98. The Morgan fingerprint density at radius 3 is 2.16 bits per heavy atom. The summed E-state index contributed by atoms with van der Waals surface area (Å²) in [5, 5.41) is 0. The largest absolute Gasteiger partial charge is 0.497 e. The number of nitrogens with one attached hydrogen (secondary N) is 2. The van der Waals surface area contributed by atoms with Gasteiger partial charge in [-0.15, -0.1) is 0 Å². The van der Waals surface area contributed by atoms with Crippen molar-refractivity contribution >= 4 is 27.7 Å². The second-order valence-electron chi connectivity index (χ2n) is 5.13. The molecule has 0 aromatic heterocycles. The van der Waals surface area contributed by atoms with Gasteiger partial charge in [0.05, 0.1) is 18.2 Å². The van der Waals surface area contributed by atoms with Crippen LogP contribution < -0.4 is 20.3 Å². The maximum atomic E-state index is 12.2. The van der Waals surface area contributed by atoms with Crippen LogP contribution in [0.25, 0.3) is 0 Å². The van der Waals surface area contributed by atoms with Crippen molar-refractivity contribution in [2.24, 2.45) is 0 Å². The van der Waals surface area contributed by atoms with Gasteiger partial charge in [0.15, 0.2) is 0 Å². The molecule has 2 aromatic carbocycles. The minimum Gasteiger partial charge on any atom is -0.497 e. The summed E-state index contributed by atoms with van der Waals surface area (Å²) in [6.07, 6.45) is 0.895. The molecular weight excluding hydrogens is 388 g/mol. The Morgan fingerprint density at radius 1 is 1.00 bits per heavy atom. The van der Waals surface area contributed by atoms with Gasteiger partial charge < -0.3 is 9.47 Å². The summed E-state index contributed by atoms with van der Waals surface area (Å²) in [5.74, 6) is 0.471. The van der Waals surface area contributed by atoms with Crippen LogP contribution >= 0.6 is 15.9 Å². The third kappa shape index (κ3) is 5.22. The lowest BCUT2D eigenvalue weighted by molar-refractivity contribution is 0.0846. The molecule has 2 amide bonds. The van der Waals surface area contributed by atoms with Crippen LogP contribution in [-0.4, -0.2) is 25.5 Å². The first kappa shape index (κ1) is 18.8. The number of halogens is 1. The summed E-state index contributed by atoms with van der Waals surface area (Å²) in [4.78, 5) is 24.2. The van der Waals surface area contributed by atoms with Crippen LogP contribution in [0.2, 0.25) is 0 Å². The van der Waals surface area contributed by atoms with E-state index in [0.717, 1.165) is 6.42 Å². The number of ether oxygens (including phenoxy) is 2. The average molecular weight is 407 g/mol. The molecule has 0 unspecified atom stereocenters. The predicted molar refractivity (Wildman–Crippen MR) is 97.9 cm³/mol. The molecule has 25 heavy (non-hydrogen) atoms. The van der Waals surface area contributed by atoms with Gasteiger partial charge in [0.25, 0.3) is 11.8 Å². The monoisotopic (exact) mass is 406 g/mol. The number of carbonyl (C=O) groups excluding carboxylic acids is 2. The highest BCUT2D eigenvalue weighted by atomic mass is 79.9. The normalized spacial score (nSPS) is 10.0. The molecule has 2 aromatic rings. The first-order valence-electron chi connectivity index (χ1n) is 7.72. The van der Waals surface area contributed by atoms with Crippen LogP contribution in [0, 0.1) is 0 Å². The third-order valence-electron chi connectivity index (χ3n) is 3.30. The Hall–Kier alpha value is -2.54. The molecule has 0 radical (unpaired) electrons. The van der Waals surface area contributed by atoms with Crippen molar-refractivity contribution in [3.63, 3.8) is 0 Å². The van der Waals surface area contributed by atoms with E-state index >= 15 is 0 Å². The summed E-state index contributed by atoms with van der Waals surface area (Å²) in [6.45, 7) is 2.61. The van der Waals surface area contributed by atoms with E-state index in [2.05, 4.69) is 26.8 Å². The molecule has 0 atom stereocenters. The number of hydrogen-bond acceptors (Lipinski definition) is 4. The first-order valence-corrected chi connectivity index (χ1v) is 8.51. The Kier molecular flexibility index (Phi) is 6.82. The van der Waals surface area contributed by atoms with Crippen molar-refractivity contribution in [1.82, 2.24) is 10.9 Å². The van der Waals surface area contributed by atoms with Crippen LogP contribution in [0.3, 0.4) is 0 Å². The third-order valence-corrected chi connectivity index (χ3v) is 3.92. The zero-order chi connectivity index (χ0) is 18.2. The van der Waals surface area contributed by atoms with Gasteiger partial charge >= 0.3 is 0 Å². The molecule has 2 rings (SSSR count). The molecule has 0 heterocycles. The number of rotatable bonds is 6. The second kappa shape index (κ2) is 9.08. The zero-order valence-corrected chi connectivity index (χ0v) is 15.6. The summed E-state index contributed by atoms with van der Waals surface area (Å²) in [6, 6.07) is 11.5. The number of carbonyl (C=O) groups is 2. The molecule has 0 saturated heterocycles. The van der Waals surface area contributed by atoms with Crippen LogP contribution in [0.1, 0.15) is 34.1 Å². The van der Waals surface area contributed by atoms with E-state index in [0.29, 0.717) is 33.7 Å². The van der Waals surface area contributed by atoms with Crippen molar-refractivity contribution in [2.75, 3.05) is 13.7 Å². The molecule has 0 aliphatic rings. The Bertz CT molecular complexity index is 747. The van der Waals surface area contributed by atoms with Crippen molar-refractivity contribution in [3.8, 4) is 11.5 Å². The smallest absolute Gasteiger partial charge is 0.269 e. The number of hydrogen-bond donors (Lipinski definition) is 2. The van der Waals surface area contributed by atoms with E-state index < -0.39 is 11.8 Å². The molecule has 0 saturated carbocycles. The standard InChI is InChI=1S/C18H19BrN2O4/c1-3-10-25-16-9-6-13(11-15(16)19)18(23)21-20-17(22)12-4-7-14(24-2)8-5-12/h4-9,11H,3,10H2,1-2H3,(H,20,22)(H,21,23). The van der Waals surface area contributed by atoms with Gasteiger partial charge in [0, 0.05) is 11.1 Å². The van der Waals surface area contributed by atoms with E-state index in [-0.39, 0.29) is 0 Å². The molecule has 0 fully saturated rings. The highest BCUT2D eigenvalue weighted by Crippen LogP contribution is 2.26. The quantitative estimate of drug-likeness (QED) is 0.721. The Morgan fingerprint density at radius 2 is 1.60 bits per heavy atom. The highest BCUT2D eigenvalue weighted by Gasteiger charge is 2.11. The van der Waals surface area contributed by atoms with E-state index in [4.69, 9.17) is 9.47 Å². The molecular formula is C18H19BrN2O4. The van der Waals surface area contributed by atoms with Gasteiger partial charge in [-0.1, -0.05) is 6.92 Å². The molecule has 0 bridgehead atoms. The Labute approximate surface area is 154 Å². The summed E-state index contributed by atoms with van der Waals surface area (Å²) >= 11 is 3.37. The maximum Gasteiger partial charge on any atom is 0.269 e. The van der Waals surface area contributed by atoms with Crippen LogP contribution in [0.5, 0.6) is 11.5 Å². The van der Waals surface area contributed by atoms with Gasteiger partial charge in [-0.05, 0) is 64.8 Å². The van der Waals surface area contributed by atoms with Crippen LogP contribution in [0.4, 0.5) is 0 Å². The minimum absolute atomic E-state index is 0.394. The van der Waals surface area contributed by atoms with E-state index in [1.807, 2.05) is 6.92 Å². The van der Waals surface area contributed by atoms with Crippen LogP contribution in [-0.2, 0) is 0 Å². The van der Waals surface area contributed by atoms with Crippen molar-refractivity contribution < 1.29 is 19.1 Å². The summed E-state index contributed by atoms with van der Waals surface area (Å²) in [5.41, 5.74) is 5.56. The van der Waals surface area contributed by atoms with Gasteiger partial charge in [0.2, 0.25) is 0 Å². The number of hydrazine groups is 1. The molecule has 2 N–H and O–H groups in total. The summed E-state index contributed by atoms with van der Waals surface area (Å²) < 4.78 is 11.2. The minimum atomic E-state index is -0.426. The van der Waals surface area contributed by atoms with Crippen molar-refractivity contribution in [3.05, 3.63) is 58.1 Å². The number of benzene rings is 2. The average Bonchev–Trinajstić information content (AvgIpc) is 2.64. The lowest BCUT2D eigenvalue weighted by Gasteiger charge is -2.10. The van der Waals surface area contributed by atoms with E-state index in [1.54, 1.807) is 49.6 Å². The predicted octanol–water partition coefficient (Wildman–Crippen LogP) is 3.32. The molecule has 0 aliphatic heterocycles.